The molecule has 4 heteroatoms. The van der Waals surface area contributed by atoms with Crippen molar-refractivity contribution >= 4 is 28.3 Å². The van der Waals surface area contributed by atoms with Crippen LogP contribution >= 0.6 is 22.6 Å². The van der Waals surface area contributed by atoms with Gasteiger partial charge in [-0.1, -0.05) is 13.8 Å². The second-order valence-electron chi connectivity index (χ2n) is 5.79. The zero-order valence-corrected chi connectivity index (χ0v) is 13.0. The van der Waals surface area contributed by atoms with E-state index >= 15 is 0 Å². The minimum Gasteiger partial charge on any atom is -0.488 e. The van der Waals surface area contributed by atoms with Gasteiger partial charge in [-0.3, -0.25) is 0 Å². The molecule has 1 aromatic carbocycles. The summed E-state index contributed by atoms with van der Waals surface area (Å²) in [5.74, 6) is 0.216. The van der Waals surface area contributed by atoms with E-state index in [2.05, 4.69) is 13.8 Å². The largest absolute Gasteiger partial charge is 0.488 e. The van der Waals surface area contributed by atoms with Crippen LogP contribution in [0.2, 0.25) is 0 Å². The number of nitrogens with two attached hydrogens (primary N) is 1. The summed E-state index contributed by atoms with van der Waals surface area (Å²) >= 11 is 1.93. The SMILES string of the molecule is CC1(C)CCC(Oc2cc(F)c(I)cc2N)CC1. The van der Waals surface area contributed by atoms with Crippen LogP contribution in [0.5, 0.6) is 5.75 Å². The van der Waals surface area contributed by atoms with E-state index in [1.165, 1.54) is 6.07 Å². The van der Waals surface area contributed by atoms with Gasteiger partial charge in [0.2, 0.25) is 0 Å². The second kappa shape index (κ2) is 5.23. The Kier molecular flexibility index (Phi) is 4.04. The molecule has 0 bridgehead atoms. The van der Waals surface area contributed by atoms with Crippen LogP contribution in [0.25, 0.3) is 0 Å². The van der Waals surface area contributed by atoms with E-state index in [9.17, 15) is 4.39 Å². The summed E-state index contributed by atoms with van der Waals surface area (Å²) in [5, 5.41) is 0. The maximum absolute atomic E-state index is 13.5. The van der Waals surface area contributed by atoms with Crippen molar-refractivity contribution in [1.82, 2.24) is 0 Å². The van der Waals surface area contributed by atoms with Crippen molar-refractivity contribution < 1.29 is 9.13 Å². The number of halogens is 2. The summed E-state index contributed by atoms with van der Waals surface area (Å²) in [6, 6.07) is 3.02. The normalized spacial score (nSPS) is 19.8. The Morgan fingerprint density at radius 2 is 1.94 bits per heavy atom. The summed E-state index contributed by atoms with van der Waals surface area (Å²) in [7, 11) is 0. The van der Waals surface area contributed by atoms with E-state index in [0.717, 1.165) is 25.7 Å². The summed E-state index contributed by atoms with van der Waals surface area (Å²) < 4.78 is 19.9. The Labute approximate surface area is 121 Å². The molecule has 1 aliphatic carbocycles. The van der Waals surface area contributed by atoms with Crippen LogP contribution in [0.15, 0.2) is 12.1 Å². The molecule has 2 nitrogen and oxygen atoms in total. The van der Waals surface area contributed by atoms with Crippen LogP contribution in [-0.4, -0.2) is 6.10 Å². The van der Waals surface area contributed by atoms with Gasteiger partial charge in [0.25, 0.3) is 0 Å². The van der Waals surface area contributed by atoms with Crippen molar-refractivity contribution in [2.75, 3.05) is 5.73 Å². The molecular weight excluding hydrogens is 344 g/mol. The van der Waals surface area contributed by atoms with Gasteiger partial charge in [-0.15, -0.1) is 0 Å². The zero-order chi connectivity index (χ0) is 13.3. The lowest BCUT2D eigenvalue weighted by molar-refractivity contribution is 0.0991. The third-order valence-electron chi connectivity index (χ3n) is 3.63. The van der Waals surface area contributed by atoms with Crippen molar-refractivity contribution in [2.24, 2.45) is 5.41 Å². The first kappa shape index (κ1) is 13.9. The number of hydrogen-bond acceptors (Lipinski definition) is 2. The molecule has 0 atom stereocenters. The number of anilines is 1. The first-order chi connectivity index (χ1) is 8.37. The minimum absolute atomic E-state index is 0.166. The third kappa shape index (κ3) is 3.28. The molecule has 1 fully saturated rings. The Hall–Kier alpha value is -0.520. The van der Waals surface area contributed by atoms with Gasteiger partial charge in [0.1, 0.15) is 11.6 Å². The van der Waals surface area contributed by atoms with Gasteiger partial charge in [0.05, 0.1) is 15.4 Å². The van der Waals surface area contributed by atoms with Crippen molar-refractivity contribution in [3.63, 3.8) is 0 Å². The first-order valence-corrected chi connectivity index (χ1v) is 7.36. The Bertz CT molecular complexity index is 438. The van der Waals surface area contributed by atoms with E-state index in [4.69, 9.17) is 10.5 Å². The molecule has 1 aromatic rings. The summed E-state index contributed by atoms with van der Waals surface area (Å²) in [4.78, 5) is 0. The highest BCUT2D eigenvalue weighted by Gasteiger charge is 2.28. The fourth-order valence-corrected chi connectivity index (χ4v) is 2.81. The molecule has 0 amide bonds. The standard InChI is InChI=1S/C14H19FINO/c1-14(2)5-3-9(4-6-14)18-13-7-10(15)11(16)8-12(13)17/h7-9H,3-6,17H2,1-2H3. The lowest BCUT2D eigenvalue weighted by atomic mass is 9.76. The summed E-state index contributed by atoms with van der Waals surface area (Å²) in [6.45, 7) is 4.56. The smallest absolute Gasteiger partial charge is 0.145 e. The lowest BCUT2D eigenvalue weighted by Gasteiger charge is -2.34. The number of nitrogen functional groups attached to an aromatic ring is 1. The Balaban J connectivity index is 2.04. The highest BCUT2D eigenvalue weighted by Crippen LogP contribution is 2.37. The van der Waals surface area contributed by atoms with Gasteiger partial charge in [-0.25, -0.2) is 4.39 Å². The van der Waals surface area contributed by atoms with E-state index in [0.29, 0.717) is 20.4 Å². The molecule has 2 N–H and O–H groups in total. The van der Waals surface area contributed by atoms with Crippen LogP contribution in [0.4, 0.5) is 10.1 Å². The molecule has 1 saturated carbocycles. The van der Waals surface area contributed by atoms with Crippen molar-refractivity contribution in [1.29, 1.82) is 0 Å². The molecule has 100 valence electrons. The zero-order valence-electron chi connectivity index (χ0n) is 10.8. The van der Waals surface area contributed by atoms with Crippen LogP contribution in [0, 0.1) is 14.8 Å². The molecule has 2 rings (SSSR count). The fraction of sp³-hybridized carbons (Fsp3) is 0.571. The van der Waals surface area contributed by atoms with E-state index in [1.807, 2.05) is 22.6 Å². The number of benzene rings is 1. The molecule has 0 aliphatic heterocycles. The molecular formula is C14H19FINO. The number of hydrogen-bond donors (Lipinski definition) is 1. The highest BCUT2D eigenvalue weighted by molar-refractivity contribution is 14.1. The van der Waals surface area contributed by atoms with Gasteiger partial charge in [-0.05, 0) is 59.8 Å². The van der Waals surface area contributed by atoms with Gasteiger partial charge in [0, 0.05) is 6.07 Å². The quantitative estimate of drug-likeness (QED) is 0.626. The number of rotatable bonds is 2. The van der Waals surface area contributed by atoms with Crippen LogP contribution in [0.1, 0.15) is 39.5 Å². The van der Waals surface area contributed by atoms with Gasteiger partial charge >= 0.3 is 0 Å². The molecule has 0 unspecified atom stereocenters. The predicted molar refractivity (Wildman–Crippen MR) is 80.2 cm³/mol. The van der Waals surface area contributed by atoms with Crippen LogP contribution in [0.3, 0.4) is 0 Å². The average Bonchev–Trinajstić information content (AvgIpc) is 2.28. The lowest BCUT2D eigenvalue weighted by Crippen LogP contribution is -2.28. The van der Waals surface area contributed by atoms with Crippen molar-refractivity contribution in [2.45, 2.75) is 45.6 Å². The maximum Gasteiger partial charge on any atom is 0.145 e. The fourth-order valence-electron chi connectivity index (χ4n) is 2.32. The average molecular weight is 363 g/mol. The summed E-state index contributed by atoms with van der Waals surface area (Å²) in [6.07, 6.45) is 4.48. The molecule has 0 spiro atoms. The van der Waals surface area contributed by atoms with Crippen molar-refractivity contribution in [3.8, 4) is 5.75 Å². The highest BCUT2D eigenvalue weighted by atomic mass is 127. The Morgan fingerprint density at radius 3 is 2.56 bits per heavy atom. The van der Waals surface area contributed by atoms with Crippen LogP contribution < -0.4 is 10.5 Å². The molecule has 0 heterocycles. The topological polar surface area (TPSA) is 35.2 Å². The molecule has 0 radical (unpaired) electrons. The van der Waals surface area contributed by atoms with Crippen LogP contribution in [-0.2, 0) is 0 Å². The van der Waals surface area contributed by atoms with E-state index in [-0.39, 0.29) is 11.9 Å². The van der Waals surface area contributed by atoms with E-state index in [1.54, 1.807) is 6.07 Å². The van der Waals surface area contributed by atoms with E-state index < -0.39 is 0 Å². The molecule has 1 aliphatic rings. The molecule has 18 heavy (non-hydrogen) atoms. The first-order valence-electron chi connectivity index (χ1n) is 6.28. The van der Waals surface area contributed by atoms with Gasteiger partial charge < -0.3 is 10.5 Å². The maximum atomic E-state index is 13.5. The predicted octanol–water partition coefficient (Wildman–Crippen LogP) is 4.36. The number of ether oxygens (including phenoxy) is 1. The molecule has 0 aromatic heterocycles. The Morgan fingerprint density at radius 1 is 1.33 bits per heavy atom. The molecule has 0 saturated heterocycles. The third-order valence-corrected chi connectivity index (χ3v) is 4.46. The van der Waals surface area contributed by atoms with Crippen molar-refractivity contribution in [3.05, 3.63) is 21.5 Å². The minimum atomic E-state index is -0.268. The van der Waals surface area contributed by atoms with Gasteiger partial charge in [0.15, 0.2) is 0 Å². The summed E-state index contributed by atoms with van der Waals surface area (Å²) in [5.41, 5.74) is 6.79. The monoisotopic (exact) mass is 363 g/mol. The second-order valence-corrected chi connectivity index (χ2v) is 6.95. The van der Waals surface area contributed by atoms with Gasteiger partial charge in [-0.2, -0.15) is 0 Å².